The quantitative estimate of drug-likeness (QED) is 0.257. The van der Waals surface area contributed by atoms with Gasteiger partial charge in [-0.3, -0.25) is 9.59 Å². The van der Waals surface area contributed by atoms with Crippen LogP contribution in [0.5, 0.6) is 11.5 Å². The Labute approximate surface area is 214 Å². The van der Waals surface area contributed by atoms with Crippen molar-refractivity contribution in [3.05, 3.63) is 65.2 Å². The number of carbonyl (C=O) groups is 2. The molecule has 1 N–H and O–H groups in total. The number of methoxy groups -OCH3 is 1. The third-order valence-electron chi connectivity index (χ3n) is 6.59. The molecule has 0 aromatic heterocycles. The Hall–Kier alpha value is -3.32. The summed E-state index contributed by atoms with van der Waals surface area (Å²) in [4.78, 5) is 30.3. The number of carbonyl (C=O) groups excluding carboxylic acids is 2. The van der Waals surface area contributed by atoms with Crippen molar-refractivity contribution in [3.63, 3.8) is 0 Å². The smallest absolute Gasteiger partial charge is 0.295 e. The summed E-state index contributed by atoms with van der Waals surface area (Å²) in [6.45, 7) is 11.7. The van der Waals surface area contributed by atoms with Crippen LogP contribution in [0.1, 0.15) is 51.3 Å². The summed E-state index contributed by atoms with van der Waals surface area (Å²) in [5, 5.41) is 11.3. The molecule has 1 fully saturated rings. The highest BCUT2D eigenvalue weighted by atomic mass is 16.5. The fourth-order valence-electron chi connectivity index (χ4n) is 4.34. The highest BCUT2D eigenvalue weighted by Gasteiger charge is 2.46. The van der Waals surface area contributed by atoms with Gasteiger partial charge < -0.3 is 24.4 Å². The van der Waals surface area contributed by atoms with Crippen LogP contribution in [0.2, 0.25) is 0 Å². The normalized spacial score (nSPS) is 17.3. The number of aliphatic hydroxyl groups excluding tert-OH is 1. The lowest BCUT2D eigenvalue weighted by molar-refractivity contribution is -0.140. The van der Waals surface area contributed by atoms with Crippen molar-refractivity contribution in [1.29, 1.82) is 0 Å². The molecule has 1 heterocycles. The van der Waals surface area contributed by atoms with Gasteiger partial charge in [0, 0.05) is 18.7 Å². The number of Topliss-reactive ketones (excluding diaryl/α,β-unsaturated/α-hetero) is 1. The minimum Gasteiger partial charge on any atom is -0.507 e. The van der Waals surface area contributed by atoms with E-state index in [9.17, 15) is 14.7 Å². The highest BCUT2D eigenvalue weighted by molar-refractivity contribution is 6.46. The molecule has 1 aliphatic rings. The number of nitrogens with zero attached hydrogens (tertiary/aromatic N) is 2. The first kappa shape index (κ1) is 27.3. The number of rotatable bonds is 12. The van der Waals surface area contributed by atoms with Crippen molar-refractivity contribution in [2.45, 2.75) is 40.2 Å². The molecule has 2 aromatic carbocycles. The molecule has 0 saturated carbocycles. The lowest BCUT2D eigenvalue weighted by Gasteiger charge is -2.28. The van der Waals surface area contributed by atoms with Crippen LogP contribution >= 0.6 is 0 Å². The molecule has 0 radical (unpaired) electrons. The van der Waals surface area contributed by atoms with Gasteiger partial charge >= 0.3 is 0 Å². The van der Waals surface area contributed by atoms with Crippen molar-refractivity contribution < 1.29 is 24.2 Å². The van der Waals surface area contributed by atoms with E-state index >= 15 is 0 Å². The van der Waals surface area contributed by atoms with Crippen LogP contribution in [-0.2, 0) is 9.59 Å². The molecule has 1 amide bonds. The maximum absolute atomic E-state index is 13.3. The second kappa shape index (κ2) is 12.6. The molecule has 0 bridgehead atoms. The largest absolute Gasteiger partial charge is 0.507 e. The third-order valence-corrected chi connectivity index (χ3v) is 6.59. The Bertz CT molecular complexity index is 1070. The number of amides is 1. The van der Waals surface area contributed by atoms with Gasteiger partial charge in [0.15, 0.2) is 0 Å². The minimum atomic E-state index is -0.712. The van der Waals surface area contributed by atoms with Gasteiger partial charge in [-0.2, -0.15) is 0 Å². The number of ketones is 1. The molecule has 1 unspecified atom stereocenters. The summed E-state index contributed by atoms with van der Waals surface area (Å²) in [6, 6.07) is 13.5. The lowest BCUT2D eigenvalue weighted by atomic mass is 9.95. The van der Waals surface area contributed by atoms with E-state index in [2.05, 4.69) is 32.6 Å². The van der Waals surface area contributed by atoms with Crippen molar-refractivity contribution in [3.8, 4) is 11.5 Å². The molecule has 0 aliphatic carbocycles. The van der Waals surface area contributed by atoms with Crippen LogP contribution in [0.25, 0.3) is 5.76 Å². The Balaban J connectivity index is 2.04. The number of likely N-dealkylation sites (N-methyl/N-ethyl adjacent to an activating group) is 1. The van der Waals surface area contributed by atoms with Crippen LogP contribution < -0.4 is 9.47 Å². The number of hydrogen-bond donors (Lipinski definition) is 1. The summed E-state index contributed by atoms with van der Waals surface area (Å²) in [5.74, 6) is 0.343. The maximum Gasteiger partial charge on any atom is 0.295 e. The van der Waals surface area contributed by atoms with Gasteiger partial charge in [-0.25, -0.2) is 0 Å². The van der Waals surface area contributed by atoms with Crippen LogP contribution in [0.4, 0.5) is 0 Å². The summed E-state index contributed by atoms with van der Waals surface area (Å²) in [5.41, 5.74) is 1.27. The van der Waals surface area contributed by atoms with Crippen LogP contribution in [0.15, 0.2) is 54.1 Å². The van der Waals surface area contributed by atoms with Crippen molar-refractivity contribution in [1.82, 2.24) is 9.80 Å². The van der Waals surface area contributed by atoms with Gasteiger partial charge in [0.05, 0.1) is 25.3 Å². The van der Waals surface area contributed by atoms with Crippen molar-refractivity contribution in [2.24, 2.45) is 5.92 Å². The summed E-state index contributed by atoms with van der Waals surface area (Å²) in [7, 11) is 1.56. The Kier molecular flexibility index (Phi) is 9.53. The molecule has 3 rings (SSSR count). The summed E-state index contributed by atoms with van der Waals surface area (Å²) in [6.07, 6.45) is 0.921. The zero-order chi connectivity index (χ0) is 26.2. The van der Waals surface area contributed by atoms with E-state index in [1.54, 1.807) is 36.3 Å². The molecular weight excluding hydrogens is 456 g/mol. The fraction of sp³-hybridized carbons (Fsp3) is 0.448. The predicted octanol–water partition coefficient (Wildman–Crippen LogP) is 4.88. The highest BCUT2D eigenvalue weighted by Crippen LogP contribution is 2.40. The van der Waals surface area contributed by atoms with Gasteiger partial charge in [-0.15, -0.1) is 0 Å². The second-order valence-corrected chi connectivity index (χ2v) is 9.35. The van der Waals surface area contributed by atoms with Gasteiger partial charge in [-0.1, -0.05) is 39.8 Å². The maximum atomic E-state index is 13.3. The average Bonchev–Trinajstić information content (AvgIpc) is 3.14. The number of aliphatic hydroxyl groups is 1. The van der Waals surface area contributed by atoms with Crippen LogP contribution in [-0.4, -0.2) is 66.5 Å². The SMILES string of the molecule is CCN(CC)CCN1C(=O)C(=O)/C(=C(/O)c2ccc(OC)cc2)C1c1cccc(OCCC(C)C)c1. The summed E-state index contributed by atoms with van der Waals surface area (Å²) < 4.78 is 11.2. The number of hydrogen-bond acceptors (Lipinski definition) is 6. The molecule has 1 aliphatic heterocycles. The topological polar surface area (TPSA) is 79.3 Å². The first-order valence-electron chi connectivity index (χ1n) is 12.7. The van der Waals surface area contributed by atoms with Crippen LogP contribution in [0.3, 0.4) is 0 Å². The number of likely N-dealkylation sites (tertiary alicyclic amines) is 1. The molecule has 1 atom stereocenters. The van der Waals surface area contributed by atoms with Crippen molar-refractivity contribution >= 4 is 17.4 Å². The van der Waals surface area contributed by atoms with E-state index in [1.165, 1.54) is 0 Å². The van der Waals surface area contributed by atoms with Gasteiger partial charge in [0.25, 0.3) is 11.7 Å². The molecule has 7 nitrogen and oxygen atoms in total. The molecule has 194 valence electrons. The van der Waals surface area contributed by atoms with E-state index in [-0.39, 0.29) is 11.3 Å². The lowest BCUT2D eigenvalue weighted by Crippen LogP contribution is -2.38. The van der Waals surface area contributed by atoms with E-state index in [1.807, 2.05) is 24.3 Å². The Morgan fingerprint density at radius 3 is 2.36 bits per heavy atom. The van der Waals surface area contributed by atoms with E-state index in [0.717, 1.165) is 25.1 Å². The first-order valence-corrected chi connectivity index (χ1v) is 12.7. The zero-order valence-electron chi connectivity index (χ0n) is 22.0. The second-order valence-electron chi connectivity index (χ2n) is 9.35. The molecule has 7 heteroatoms. The van der Waals surface area contributed by atoms with E-state index in [0.29, 0.717) is 42.7 Å². The van der Waals surface area contributed by atoms with Gasteiger partial charge in [-0.05, 0) is 67.4 Å². The Morgan fingerprint density at radius 2 is 1.75 bits per heavy atom. The zero-order valence-corrected chi connectivity index (χ0v) is 22.0. The molecule has 36 heavy (non-hydrogen) atoms. The molecular formula is C29H38N2O5. The van der Waals surface area contributed by atoms with E-state index < -0.39 is 17.7 Å². The molecule has 2 aromatic rings. The van der Waals surface area contributed by atoms with Gasteiger partial charge in [0.1, 0.15) is 17.3 Å². The number of benzene rings is 2. The molecule has 1 saturated heterocycles. The summed E-state index contributed by atoms with van der Waals surface area (Å²) >= 11 is 0. The third kappa shape index (κ3) is 6.26. The minimum absolute atomic E-state index is 0.0871. The average molecular weight is 495 g/mol. The predicted molar refractivity (Wildman–Crippen MR) is 141 cm³/mol. The van der Waals surface area contributed by atoms with E-state index in [4.69, 9.17) is 9.47 Å². The van der Waals surface area contributed by atoms with Gasteiger partial charge in [0.2, 0.25) is 0 Å². The monoisotopic (exact) mass is 494 g/mol. The van der Waals surface area contributed by atoms with Crippen LogP contribution in [0, 0.1) is 5.92 Å². The fourth-order valence-corrected chi connectivity index (χ4v) is 4.34. The standard InChI is InChI=1S/C29H38N2O5/c1-6-30(7-2)16-17-31-26(22-9-8-10-24(19-22)36-18-15-20(3)4)25(28(33)29(31)34)27(32)21-11-13-23(35-5)14-12-21/h8-14,19-20,26,32H,6-7,15-18H2,1-5H3/b27-25+. The first-order chi connectivity index (χ1) is 17.3. The number of ether oxygens (including phenoxy) is 2. The Morgan fingerprint density at radius 1 is 1.06 bits per heavy atom. The molecule has 0 spiro atoms. The van der Waals surface area contributed by atoms with Crippen molar-refractivity contribution in [2.75, 3.05) is 39.9 Å².